The maximum absolute atomic E-state index is 2.38. The maximum Gasteiger partial charge on any atom is 4.00 e. The minimum atomic E-state index is 0. The summed E-state index contributed by atoms with van der Waals surface area (Å²) in [5.74, 6) is 0. The summed E-state index contributed by atoms with van der Waals surface area (Å²) in [6, 6.07) is 6.96. The first kappa shape index (κ1) is 26.6. The van der Waals surface area contributed by atoms with Gasteiger partial charge in [0.2, 0.25) is 0 Å². The van der Waals surface area contributed by atoms with E-state index in [1.165, 1.54) is 49.7 Å². The number of halogens is 3. The van der Waals surface area contributed by atoms with Crippen molar-refractivity contribution in [1.29, 1.82) is 0 Å². The van der Waals surface area contributed by atoms with E-state index in [0.717, 1.165) is 0 Å². The second kappa shape index (κ2) is 17.1. The molecule has 0 unspecified atom stereocenters. The number of rotatable bonds is 6. The van der Waals surface area contributed by atoms with Crippen LogP contribution in [0.3, 0.4) is 0 Å². The quantitative estimate of drug-likeness (QED) is 0.438. The predicted octanol–water partition coefficient (Wildman–Crippen LogP) is -4.90. The molecule has 17 heavy (non-hydrogen) atoms. The molecule has 98 valence electrons. The van der Waals surface area contributed by atoms with Gasteiger partial charge in [-0.05, 0) is 0 Å². The monoisotopic (exact) mass is 372 g/mol. The largest absolute Gasteiger partial charge is 4.00 e. The number of hydrogen-bond acceptors (Lipinski definition) is 0. The standard InChI is InChI=1S/C13H21.3ClH.Zr/c1-3-5-7-12-9-10-13(11-12)8-6-4-2;;;;/h9-11H,3-8H2,1-2H3;3*1H;/q-1;;;;+4/p-3. The Balaban J connectivity index is -0.000000211. The van der Waals surface area contributed by atoms with E-state index < -0.39 is 0 Å². The Morgan fingerprint density at radius 3 is 2.12 bits per heavy atom. The van der Waals surface area contributed by atoms with Gasteiger partial charge < -0.3 is 37.2 Å². The van der Waals surface area contributed by atoms with E-state index in [0.29, 0.717) is 0 Å². The van der Waals surface area contributed by atoms with Crippen molar-refractivity contribution in [3.05, 3.63) is 29.3 Å². The summed E-state index contributed by atoms with van der Waals surface area (Å²) >= 11 is 0. The van der Waals surface area contributed by atoms with Crippen LogP contribution in [0.5, 0.6) is 0 Å². The van der Waals surface area contributed by atoms with Gasteiger partial charge in [0.05, 0.1) is 0 Å². The normalized spacial score (nSPS) is 8.12. The molecule has 1 aromatic carbocycles. The van der Waals surface area contributed by atoms with Crippen molar-refractivity contribution >= 4 is 0 Å². The van der Waals surface area contributed by atoms with E-state index in [4.69, 9.17) is 0 Å². The van der Waals surface area contributed by atoms with E-state index in [-0.39, 0.29) is 63.4 Å². The molecule has 0 spiro atoms. The first-order chi connectivity index (χ1) is 6.36. The van der Waals surface area contributed by atoms with Crippen molar-refractivity contribution in [3.8, 4) is 0 Å². The van der Waals surface area contributed by atoms with Gasteiger partial charge in [0.25, 0.3) is 0 Å². The van der Waals surface area contributed by atoms with Crippen molar-refractivity contribution in [2.45, 2.75) is 52.4 Å². The molecule has 0 atom stereocenters. The molecule has 0 bridgehead atoms. The van der Waals surface area contributed by atoms with Gasteiger partial charge in [-0.25, -0.2) is 6.07 Å². The van der Waals surface area contributed by atoms with Crippen LogP contribution < -0.4 is 37.2 Å². The van der Waals surface area contributed by atoms with Crippen molar-refractivity contribution in [3.63, 3.8) is 0 Å². The molecule has 4 heteroatoms. The fourth-order valence-corrected chi connectivity index (χ4v) is 1.62. The third-order valence-electron chi connectivity index (χ3n) is 2.52. The van der Waals surface area contributed by atoms with Crippen LogP contribution in [0.4, 0.5) is 0 Å². The number of hydrogen-bond donors (Lipinski definition) is 0. The van der Waals surface area contributed by atoms with Crippen LogP contribution in [0.15, 0.2) is 18.2 Å². The molecule has 0 aliphatic rings. The second-order valence-corrected chi connectivity index (χ2v) is 3.83. The third-order valence-corrected chi connectivity index (χ3v) is 2.52. The SMILES string of the molecule is CCCCc1cc[c-](CCCC)c1.[Cl-].[Cl-].[Cl-].[Zr+4]. The molecule has 0 amide bonds. The first-order valence-electron chi connectivity index (χ1n) is 5.61. The summed E-state index contributed by atoms with van der Waals surface area (Å²) in [5, 5.41) is 0. The fourth-order valence-electron chi connectivity index (χ4n) is 1.62. The van der Waals surface area contributed by atoms with Crippen molar-refractivity contribution < 1.29 is 63.4 Å². The minimum absolute atomic E-state index is 0. The van der Waals surface area contributed by atoms with Gasteiger partial charge in [0.1, 0.15) is 0 Å². The Morgan fingerprint density at radius 1 is 1.00 bits per heavy atom. The number of unbranched alkanes of at least 4 members (excludes halogenated alkanes) is 2. The van der Waals surface area contributed by atoms with Crippen molar-refractivity contribution in [2.75, 3.05) is 0 Å². The van der Waals surface area contributed by atoms with Crippen LogP contribution in [0, 0.1) is 0 Å². The maximum atomic E-state index is 2.38. The summed E-state index contributed by atoms with van der Waals surface area (Å²) in [4.78, 5) is 0. The van der Waals surface area contributed by atoms with Gasteiger partial charge in [-0.15, -0.1) is 0 Å². The molecule has 0 aliphatic carbocycles. The Morgan fingerprint density at radius 2 is 1.59 bits per heavy atom. The van der Waals surface area contributed by atoms with Crippen LogP contribution in [-0.2, 0) is 39.0 Å². The molecule has 0 aromatic heterocycles. The minimum Gasteiger partial charge on any atom is -1.00 e. The smallest absolute Gasteiger partial charge is 1.00 e. The summed E-state index contributed by atoms with van der Waals surface area (Å²) in [5.41, 5.74) is 3.07. The summed E-state index contributed by atoms with van der Waals surface area (Å²) in [6.45, 7) is 4.50. The van der Waals surface area contributed by atoms with Crippen molar-refractivity contribution in [2.24, 2.45) is 0 Å². The van der Waals surface area contributed by atoms with Crippen LogP contribution in [-0.4, -0.2) is 0 Å². The molecule has 0 heterocycles. The zero-order chi connectivity index (χ0) is 9.52. The molecule has 0 fully saturated rings. The molecule has 1 aromatic rings. The average Bonchev–Trinajstić information content (AvgIpc) is 2.59. The molecule has 0 radical (unpaired) electrons. The fraction of sp³-hybridized carbons (Fsp3) is 0.615. The summed E-state index contributed by atoms with van der Waals surface area (Å²) < 4.78 is 0. The molecule has 0 saturated carbocycles. The molecule has 0 nitrogen and oxygen atoms in total. The van der Waals surface area contributed by atoms with Gasteiger partial charge >= 0.3 is 26.2 Å². The molecule has 1 rings (SSSR count). The van der Waals surface area contributed by atoms with E-state index >= 15 is 0 Å². The van der Waals surface area contributed by atoms with Gasteiger partial charge in [-0.3, -0.25) is 0 Å². The van der Waals surface area contributed by atoms with Crippen LogP contribution in [0.1, 0.15) is 50.7 Å². The Kier molecular flexibility index (Phi) is 26.8. The Hall–Kier alpha value is 1.10. The third kappa shape index (κ3) is 11.9. The second-order valence-electron chi connectivity index (χ2n) is 3.83. The van der Waals surface area contributed by atoms with E-state index in [1.54, 1.807) is 0 Å². The Labute approximate surface area is 144 Å². The predicted molar refractivity (Wildman–Crippen MR) is 59.3 cm³/mol. The van der Waals surface area contributed by atoms with Crippen molar-refractivity contribution in [1.82, 2.24) is 0 Å². The first-order valence-corrected chi connectivity index (χ1v) is 5.61. The van der Waals surface area contributed by atoms with E-state index in [2.05, 4.69) is 32.0 Å². The summed E-state index contributed by atoms with van der Waals surface area (Å²) in [6.07, 6.45) is 7.80. The van der Waals surface area contributed by atoms with Gasteiger partial charge in [0, 0.05) is 0 Å². The summed E-state index contributed by atoms with van der Waals surface area (Å²) in [7, 11) is 0. The van der Waals surface area contributed by atoms with Crippen LogP contribution in [0.2, 0.25) is 0 Å². The van der Waals surface area contributed by atoms with Gasteiger partial charge in [0.15, 0.2) is 0 Å². The number of aryl methyl sites for hydroxylation is 2. The van der Waals surface area contributed by atoms with E-state index in [9.17, 15) is 0 Å². The van der Waals surface area contributed by atoms with Crippen LogP contribution in [0.25, 0.3) is 0 Å². The molecular formula is C13H21Cl3Zr. The topological polar surface area (TPSA) is 0 Å². The van der Waals surface area contributed by atoms with Gasteiger partial charge in [-0.2, -0.15) is 23.3 Å². The zero-order valence-corrected chi connectivity index (χ0v) is 15.3. The molecule has 0 saturated heterocycles. The van der Waals surface area contributed by atoms with Crippen LogP contribution >= 0.6 is 0 Å². The Bertz CT molecular complexity index is 214. The molecule has 0 N–H and O–H groups in total. The van der Waals surface area contributed by atoms with E-state index in [1.807, 2.05) is 0 Å². The molecular weight excluding hydrogens is 354 g/mol. The zero-order valence-electron chi connectivity index (χ0n) is 10.6. The molecule has 0 aliphatic heterocycles. The average molecular weight is 375 g/mol. The van der Waals surface area contributed by atoms with Gasteiger partial charge in [-0.1, -0.05) is 52.4 Å².